The van der Waals surface area contributed by atoms with Crippen molar-refractivity contribution in [3.05, 3.63) is 118 Å². The molecule has 2 aromatic heterocycles. The van der Waals surface area contributed by atoms with E-state index in [1.807, 2.05) is 30.3 Å². The Morgan fingerprint density at radius 2 is 1.69 bits per heavy atom. The first-order valence-electron chi connectivity index (χ1n) is 17.9. The number of fused-ring (bicyclic) bond motifs is 1. The van der Waals surface area contributed by atoms with Crippen molar-refractivity contribution >= 4 is 28.5 Å². The van der Waals surface area contributed by atoms with Gasteiger partial charge in [0.25, 0.3) is 6.43 Å². The summed E-state index contributed by atoms with van der Waals surface area (Å²) in [6, 6.07) is 16.1. The fourth-order valence-electron chi connectivity index (χ4n) is 7.63. The Bertz CT molecular complexity index is 2260. The number of carbonyl (C=O) groups excluding carboxylic acids is 2. The van der Waals surface area contributed by atoms with Crippen LogP contribution in [-0.2, 0) is 21.5 Å². The van der Waals surface area contributed by atoms with Gasteiger partial charge in [0.2, 0.25) is 11.8 Å². The molecule has 2 atom stereocenters. The number of benzene rings is 3. The Balaban J connectivity index is 1.05. The summed E-state index contributed by atoms with van der Waals surface area (Å²) in [7, 11) is 0. The van der Waals surface area contributed by atoms with Crippen LogP contribution >= 0.6 is 0 Å². The predicted octanol–water partition coefficient (Wildman–Crippen LogP) is 8.60. The van der Waals surface area contributed by atoms with Gasteiger partial charge in [-0.15, -0.1) is 0 Å². The van der Waals surface area contributed by atoms with Crippen molar-refractivity contribution in [2.75, 3.05) is 18.4 Å². The molecule has 2 amide bonds. The van der Waals surface area contributed by atoms with Crippen molar-refractivity contribution in [1.82, 2.24) is 25.2 Å². The summed E-state index contributed by atoms with van der Waals surface area (Å²) in [5, 5.41) is 6.08. The standard InChI is InChI=1S/C41H39F5N6O2/c1-22(27-8-5-9-29(35(27)42)38(45)46)48-39-30-19-32(47-20-33(30)49-23(2)50-39)26-7-4-6-24(18-26)21-52-16-13-25(14-17-52)28-10-11-31(37(44)36(28)43)41(3)15-12-34(53)51-40(41)54/h4-11,18-20,22,25,38H,12-17,21H2,1-3H3,(H,48,49,50)(H,51,53,54)/t22-,41-/m1/s1. The van der Waals surface area contributed by atoms with Gasteiger partial charge in [0.15, 0.2) is 11.6 Å². The van der Waals surface area contributed by atoms with E-state index in [0.29, 0.717) is 66.3 Å². The van der Waals surface area contributed by atoms with E-state index in [2.05, 4.69) is 30.5 Å². The van der Waals surface area contributed by atoms with Crippen molar-refractivity contribution in [2.24, 2.45) is 0 Å². The number of anilines is 1. The first-order chi connectivity index (χ1) is 25.8. The summed E-state index contributed by atoms with van der Waals surface area (Å²) in [6.07, 6.45) is 0.125. The molecular formula is C41H39F5N6O2. The maximum Gasteiger partial charge on any atom is 0.266 e. The molecule has 0 saturated carbocycles. The third-order valence-corrected chi connectivity index (χ3v) is 10.8. The number of rotatable bonds is 9. The van der Waals surface area contributed by atoms with Gasteiger partial charge in [0.05, 0.1) is 34.4 Å². The summed E-state index contributed by atoms with van der Waals surface area (Å²) < 4.78 is 72.7. The number of aryl methyl sites for hydroxylation is 1. The number of amides is 2. The number of aromatic nitrogens is 3. The van der Waals surface area contributed by atoms with Crippen molar-refractivity contribution in [2.45, 2.75) is 76.8 Å². The van der Waals surface area contributed by atoms with Gasteiger partial charge >= 0.3 is 0 Å². The van der Waals surface area contributed by atoms with E-state index < -0.39 is 52.7 Å². The van der Waals surface area contributed by atoms with E-state index in [4.69, 9.17) is 0 Å². The van der Waals surface area contributed by atoms with E-state index in [0.717, 1.165) is 17.2 Å². The molecule has 2 N–H and O–H groups in total. The molecule has 280 valence electrons. The number of imide groups is 1. The number of nitrogens with one attached hydrogen (secondary N) is 2. The van der Waals surface area contributed by atoms with Crippen molar-refractivity contribution in [3.63, 3.8) is 0 Å². The summed E-state index contributed by atoms with van der Waals surface area (Å²) in [5.41, 5.74) is 1.49. The zero-order valence-corrected chi connectivity index (χ0v) is 30.0. The first-order valence-corrected chi connectivity index (χ1v) is 17.9. The smallest absolute Gasteiger partial charge is 0.266 e. The third kappa shape index (κ3) is 7.16. The van der Waals surface area contributed by atoms with Gasteiger partial charge in [-0.1, -0.05) is 48.5 Å². The quantitative estimate of drug-likeness (QED) is 0.115. The Hall–Kier alpha value is -5.30. The number of carbonyl (C=O) groups is 2. The average molecular weight is 743 g/mol. The number of hydrogen-bond donors (Lipinski definition) is 2. The lowest BCUT2D eigenvalue weighted by Gasteiger charge is -2.34. The zero-order chi connectivity index (χ0) is 38.3. The van der Waals surface area contributed by atoms with E-state index >= 15 is 8.78 Å². The fourth-order valence-corrected chi connectivity index (χ4v) is 7.63. The maximum atomic E-state index is 15.5. The molecule has 2 aliphatic rings. The molecule has 2 saturated heterocycles. The van der Waals surface area contributed by atoms with Gasteiger partial charge in [0.1, 0.15) is 17.5 Å². The largest absolute Gasteiger partial charge is 0.363 e. The van der Waals surface area contributed by atoms with Crippen molar-refractivity contribution < 1.29 is 31.5 Å². The van der Waals surface area contributed by atoms with Gasteiger partial charge in [-0.2, -0.15) is 0 Å². The van der Waals surface area contributed by atoms with Crippen LogP contribution in [0.15, 0.2) is 66.9 Å². The van der Waals surface area contributed by atoms with Crippen LogP contribution in [0.25, 0.3) is 22.2 Å². The number of nitrogens with zero attached hydrogens (tertiary/aromatic N) is 4. The molecule has 0 unspecified atom stereocenters. The fraction of sp³-hybridized carbons (Fsp3) is 0.341. The molecule has 2 aliphatic heterocycles. The molecule has 0 spiro atoms. The second-order valence-corrected chi connectivity index (χ2v) is 14.4. The SMILES string of the molecule is Cc1nc(N[C@H](C)c2cccc(C(F)F)c2F)c2cc(-c3cccc(CN4CCC(c5ccc([C@@]6(C)CCC(=O)NC6=O)c(F)c5F)CC4)c3)ncc2n1. The summed E-state index contributed by atoms with van der Waals surface area (Å²) in [5.74, 6) is -3.27. The molecule has 54 heavy (non-hydrogen) atoms. The topological polar surface area (TPSA) is 100 Å². The Morgan fingerprint density at radius 1 is 0.944 bits per heavy atom. The molecule has 4 heterocycles. The van der Waals surface area contributed by atoms with Crippen LogP contribution in [0.3, 0.4) is 0 Å². The molecule has 13 heteroatoms. The molecule has 0 bridgehead atoms. The minimum atomic E-state index is -2.94. The van der Waals surface area contributed by atoms with Gasteiger partial charge in [-0.25, -0.2) is 31.9 Å². The minimum absolute atomic E-state index is 0.0371. The summed E-state index contributed by atoms with van der Waals surface area (Å²) in [6.45, 7) is 6.90. The van der Waals surface area contributed by atoms with Crippen molar-refractivity contribution in [1.29, 1.82) is 0 Å². The van der Waals surface area contributed by atoms with Crippen molar-refractivity contribution in [3.8, 4) is 11.3 Å². The second kappa shape index (κ2) is 14.8. The van der Waals surface area contributed by atoms with Gasteiger partial charge < -0.3 is 5.32 Å². The van der Waals surface area contributed by atoms with E-state index in [-0.39, 0.29) is 29.9 Å². The molecule has 8 nitrogen and oxygen atoms in total. The monoisotopic (exact) mass is 742 g/mol. The molecule has 7 rings (SSSR count). The lowest BCUT2D eigenvalue weighted by Crippen LogP contribution is -2.50. The molecule has 0 aliphatic carbocycles. The molecule has 2 fully saturated rings. The average Bonchev–Trinajstić information content (AvgIpc) is 3.14. The van der Waals surface area contributed by atoms with Gasteiger partial charge in [-0.3, -0.25) is 24.8 Å². The molecule has 3 aromatic carbocycles. The Morgan fingerprint density at radius 3 is 2.43 bits per heavy atom. The van der Waals surface area contributed by atoms with E-state index in [1.165, 1.54) is 25.1 Å². The first kappa shape index (κ1) is 37.0. The number of piperidine rings is 2. The Kier molecular flexibility index (Phi) is 10.2. The van der Waals surface area contributed by atoms with Crippen LogP contribution in [-0.4, -0.2) is 44.8 Å². The zero-order valence-electron chi connectivity index (χ0n) is 30.0. The minimum Gasteiger partial charge on any atom is -0.363 e. The summed E-state index contributed by atoms with van der Waals surface area (Å²) >= 11 is 0. The van der Waals surface area contributed by atoms with E-state index in [1.54, 1.807) is 26.1 Å². The number of halogens is 5. The molecule has 0 radical (unpaired) electrons. The Labute approximate surface area is 309 Å². The van der Waals surface area contributed by atoms with Crippen LogP contribution in [0.5, 0.6) is 0 Å². The lowest BCUT2D eigenvalue weighted by atomic mass is 9.74. The maximum absolute atomic E-state index is 15.5. The van der Waals surface area contributed by atoms with Crippen LogP contribution in [0, 0.1) is 24.4 Å². The summed E-state index contributed by atoms with van der Waals surface area (Å²) in [4.78, 5) is 40.2. The molecular weight excluding hydrogens is 703 g/mol. The normalized spacial score (nSPS) is 19.0. The predicted molar refractivity (Wildman–Crippen MR) is 194 cm³/mol. The lowest BCUT2D eigenvalue weighted by molar-refractivity contribution is -0.137. The number of pyridine rings is 1. The van der Waals surface area contributed by atoms with Gasteiger partial charge in [-0.05, 0) is 82.3 Å². The van der Waals surface area contributed by atoms with E-state index in [9.17, 15) is 22.8 Å². The second-order valence-electron chi connectivity index (χ2n) is 14.4. The van der Waals surface area contributed by atoms with Gasteiger partial charge in [0, 0.05) is 35.0 Å². The highest BCUT2D eigenvalue weighted by Gasteiger charge is 2.43. The number of alkyl halides is 2. The highest BCUT2D eigenvalue weighted by Crippen LogP contribution is 2.39. The number of likely N-dealkylation sites (tertiary alicyclic amines) is 1. The third-order valence-electron chi connectivity index (χ3n) is 10.8. The highest BCUT2D eigenvalue weighted by molar-refractivity contribution is 6.03. The highest BCUT2D eigenvalue weighted by atomic mass is 19.3. The van der Waals surface area contributed by atoms with Crippen LogP contribution in [0.4, 0.5) is 27.8 Å². The molecule has 5 aromatic rings. The van der Waals surface area contributed by atoms with Crippen LogP contribution in [0.2, 0.25) is 0 Å². The van der Waals surface area contributed by atoms with Crippen LogP contribution < -0.4 is 10.6 Å². The van der Waals surface area contributed by atoms with Crippen LogP contribution in [0.1, 0.15) is 91.6 Å². The number of hydrogen-bond acceptors (Lipinski definition) is 7.